The van der Waals surface area contributed by atoms with E-state index in [-0.39, 0.29) is 100 Å². The lowest BCUT2D eigenvalue weighted by Crippen LogP contribution is -2.38. The molecule has 0 aliphatic carbocycles. The topological polar surface area (TPSA) is 231 Å². The van der Waals surface area contributed by atoms with Gasteiger partial charge in [0.05, 0.1) is 150 Å². The number of ether oxygens (including phenoxy) is 14. The number of hydrogen-bond acceptors (Lipinski definition) is 24. The number of esters is 5. The van der Waals surface area contributed by atoms with Crippen LogP contribution in [0.5, 0.6) is 0 Å². The van der Waals surface area contributed by atoms with Crippen molar-refractivity contribution >= 4 is 29.8 Å². The van der Waals surface area contributed by atoms with E-state index < -0.39 is 5.41 Å². The van der Waals surface area contributed by atoms with Crippen LogP contribution in [0.1, 0.15) is 92.4 Å². The Balaban J connectivity index is 0.000000375. The summed E-state index contributed by atoms with van der Waals surface area (Å²) in [5.41, 5.74) is -0.720. The highest BCUT2D eigenvalue weighted by atomic mass is 16.6. The molecule has 0 aromatic rings. The standard InChI is InChI=1S/C33H59N3O12.C26H48N2O7/c1-2-33(27-43-21-24-46-30(37)3-6-34-9-15-40-16-10-34,28-44-22-25-47-31(38)4-7-35-11-17-41-18-12-35)29-45-23-26-48-32(39)5-8-36-13-19-42-20-14-36;1-22(18-32-24(29)8-12-27-10-6-5-7-11-27)34-20-26(3,4)21-35-23(2)19-33-25(30)9-13-28-14-16-31-17-15-28/h2-29H2,1H3;22-23H,5-21H2,1-4H3. The van der Waals surface area contributed by atoms with Crippen LogP contribution in [0.2, 0.25) is 0 Å². The molecule has 5 heterocycles. The Bertz CT molecular complexity index is 1570. The molecule has 0 radical (unpaired) electrons. The Morgan fingerprint density at radius 3 is 0.952 bits per heavy atom. The van der Waals surface area contributed by atoms with Crippen molar-refractivity contribution in [3.63, 3.8) is 0 Å². The van der Waals surface area contributed by atoms with Crippen molar-refractivity contribution in [1.82, 2.24) is 24.5 Å². The summed E-state index contributed by atoms with van der Waals surface area (Å²) >= 11 is 0. The first kappa shape index (κ1) is 72.3. The predicted molar refractivity (Wildman–Crippen MR) is 307 cm³/mol. The number of nitrogens with zero attached hydrogens (tertiary/aromatic N) is 5. The summed E-state index contributed by atoms with van der Waals surface area (Å²) in [5, 5.41) is 0. The van der Waals surface area contributed by atoms with Crippen LogP contribution >= 0.6 is 0 Å². The largest absolute Gasteiger partial charge is 0.463 e. The fourth-order valence-electron chi connectivity index (χ4n) is 9.32. The van der Waals surface area contributed by atoms with E-state index >= 15 is 0 Å². The van der Waals surface area contributed by atoms with E-state index in [1.807, 2.05) is 20.8 Å². The van der Waals surface area contributed by atoms with Gasteiger partial charge in [-0.25, -0.2) is 0 Å². The Morgan fingerprint density at radius 1 is 0.386 bits per heavy atom. The molecule has 5 saturated heterocycles. The molecular formula is C59H107N5O19. The van der Waals surface area contributed by atoms with E-state index in [0.717, 1.165) is 85.2 Å². The van der Waals surface area contributed by atoms with Crippen LogP contribution < -0.4 is 0 Å². The fourth-order valence-corrected chi connectivity index (χ4v) is 9.32. The monoisotopic (exact) mass is 1190 g/mol. The van der Waals surface area contributed by atoms with E-state index in [2.05, 4.69) is 38.3 Å². The van der Waals surface area contributed by atoms with Crippen molar-refractivity contribution in [3.05, 3.63) is 0 Å². The van der Waals surface area contributed by atoms with Gasteiger partial charge in [0, 0.05) is 95.9 Å². The van der Waals surface area contributed by atoms with E-state index in [1.165, 1.54) is 19.3 Å². The zero-order valence-corrected chi connectivity index (χ0v) is 51.5. The summed E-state index contributed by atoms with van der Waals surface area (Å²) in [7, 11) is 0. The Hall–Kier alpha value is -3.21. The molecule has 0 amide bonds. The third-order valence-corrected chi connectivity index (χ3v) is 14.9. The van der Waals surface area contributed by atoms with Gasteiger partial charge in [0.2, 0.25) is 0 Å². The molecule has 5 fully saturated rings. The molecule has 5 rings (SSSR count). The molecule has 5 aliphatic rings. The first-order valence-corrected chi connectivity index (χ1v) is 30.9. The maximum absolute atomic E-state index is 12.2. The smallest absolute Gasteiger partial charge is 0.307 e. The lowest BCUT2D eigenvalue weighted by molar-refractivity contribution is -0.151. The number of likely N-dealkylation sites (tertiary alicyclic amines) is 1. The lowest BCUT2D eigenvalue weighted by Gasteiger charge is -2.32. The minimum Gasteiger partial charge on any atom is -0.463 e. The summed E-state index contributed by atoms with van der Waals surface area (Å²) in [4.78, 5) is 71.7. The molecule has 24 heteroatoms. The number of carbonyl (C=O) groups is 5. The van der Waals surface area contributed by atoms with Crippen LogP contribution in [-0.4, -0.2) is 303 Å². The summed E-state index contributed by atoms with van der Waals surface area (Å²) in [5.74, 6) is -1.12. The maximum Gasteiger partial charge on any atom is 0.307 e. The van der Waals surface area contributed by atoms with Crippen LogP contribution in [-0.2, 0) is 90.3 Å². The second-order valence-corrected chi connectivity index (χ2v) is 22.9. The number of piperidine rings is 1. The Labute approximate surface area is 495 Å². The average molecular weight is 1190 g/mol. The second-order valence-electron chi connectivity index (χ2n) is 22.9. The third-order valence-electron chi connectivity index (χ3n) is 14.9. The molecule has 0 aromatic carbocycles. The number of carbonyl (C=O) groups excluding carboxylic acids is 5. The van der Waals surface area contributed by atoms with Crippen LogP contribution in [0.15, 0.2) is 0 Å². The van der Waals surface area contributed by atoms with Gasteiger partial charge in [0.15, 0.2) is 0 Å². The summed E-state index contributed by atoms with van der Waals surface area (Å²) in [6.07, 6.45) is 5.84. The van der Waals surface area contributed by atoms with Gasteiger partial charge in [-0.15, -0.1) is 0 Å². The van der Waals surface area contributed by atoms with Crippen molar-refractivity contribution in [3.8, 4) is 0 Å². The molecule has 0 aromatic heterocycles. The molecule has 0 bridgehead atoms. The van der Waals surface area contributed by atoms with Crippen LogP contribution in [0.25, 0.3) is 0 Å². The van der Waals surface area contributed by atoms with Crippen LogP contribution in [0.3, 0.4) is 0 Å². The van der Waals surface area contributed by atoms with Gasteiger partial charge >= 0.3 is 29.8 Å². The molecule has 0 spiro atoms. The molecule has 482 valence electrons. The van der Waals surface area contributed by atoms with Crippen molar-refractivity contribution in [2.75, 3.05) is 237 Å². The maximum atomic E-state index is 12.2. The third kappa shape index (κ3) is 35.9. The van der Waals surface area contributed by atoms with Gasteiger partial charge < -0.3 is 71.2 Å². The van der Waals surface area contributed by atoms with Gasteiger partial charge in [-0.05, 0) is 46.2 Å². The minimum absolute atomic E-state index is 0.157. The number of morpholine rings is 4. The zero-order chi connectivity index (χ0) is 59.6. The first-order chi connectivity index (χ1) is 40.2. The highest BCUT2D eigenvalue weighted by Gasteiger charge is 2.31. The molecule has 5 aliphatic heterocycles. The van der Waals surface area contributed by atoms with Gasteiger partial charge in [-0.2, -0.15) is 0 Å². The molecule has 2 unspecified atom stereocenters. The molecule has 24 nitrogen and oxygen atoms in total. The molecular weight excluding hydrogens is 1080 g/mol. The highest BCUT2D eigenvalue weighted by molar-refractivity contribution is 5.71. The number of hydrogen-bond donors (Lipinski definition) is 0. The quantitative estimate of drug-likeness (QED) is 0.0487. The van der Waals surface area contributed by atoms with Gasteiger partial charge in [0.1, 0.15) is 33.0 Å². The highest BCUT2D eigenvalue weighted by Crippen LogP contribution is 2.24. The zero-order valence-electron chi connectivity index (χ0n) is 51.5. The van der Waals surface area contributed by atoms with Gasteiger partial charge in [0.25, 0.3) is 0 Å². The lowest BCUT2D eigenvalue weighted by atomic mass is 9.88. The van der Waals surface area contributed by atoms with Crippen molar-refractivity contribution in [2.45, 2.75) is 105 Å². The van der Waals surface area contributed by atoms with E-state index in [4.69, 9.17) is 66.3 Å². The summed E-state index contributed by atoms with van der Waals surface area (Å²) < 4.78 is 77.8. The van der Waals surface area contributed by atoms with Gasteiger partial charge in [-0.1, -0.05) is 27.2 Å². The van der Waals surface area contributed by atoms with Gasteiger partial charge in [-0.3, -0.25) is 43.6 Å². The number of rotatable bonds is 41. The molecule has 0 N–H and O–H groups in total. The van der Waals surface area contributed by atoms with E-state index in [0.29, 0.717) is 137 Å². The predicted octanol–water partition coefficient (Wildman–Crippen LogP) is 2.74. The van der Waals surface area contributed by atoms with Crippen LogP contribution in [0, 0.1) is 10.8 Å². The Kier molecular flexibility index (Phi) is 38.5. The summed E-state index contributed by atoms with van der Waals surface area (Å²) in [6.45, 7) is 31.4. The normalized spacial score (nSPS) is 19.0. The van der Waals surface area contributed by atoms with E-state index in [1.54, 1.807) is 0 Å². The summed E-state index contributed by atoms with van der Waals surface area (Å²) in [6, 6.07) is 0. The average Bonchev–Trinajstić information content (AvgIpc) is 3.56. The molecule has 83 heavy (non-hydrogen) atoms. The van der Waals surface area contributed by atoms with Crippen molar-refractivity contribution in [2.24, 2.45) is 10.8 Å². The Morgan fingerprint density at radius 2 is 0.663 bits per heavy atom. The van der Waals surface area contributed by atoms with Crippen LogP contribution in [0.4, 0.5) is 0 Å². The van der Waals surface area contributed by atoms with Crippen molar-refractivity contribution < 1.29 is 90.3 Å². The molecule has 2 atom stereocenters. The fraction of sp³-hybridized carbons (Fsp3) is 0.915. The first-order valence-electron chi connectivity index (χ1n) is 30.9. The SMILES string of the molecule is CC(COC(=O)CCN1CCCCC1)OCC(C)(C)COC(C)COC(=O)CCN1CCOCC1.CCC(COCCOC(=O)CCN1CCOCC1)(COCCOC(=O)CCN1CCOCC1)COCCOC(=O)CCN1CCOCC1. The van der Waals surface area contributed by atoms with Crippen molar-refractivity contribution in [1.29, 1.82) is 0 Å². The minimum atomic E-state index is -0.499. The second kappa shape index (κ2) is 44.3. The molecule has 0 saturated carbocycles. The van der Waals surface area contributed by atoms with E-state index in [9.17, 15) is 24.0 Å².